The minimum atomic E-state index is -0.539. The van der Waals surface area contributed by atoms with Crippen molar-refractivity contribution in [1.29, 1.82) is 0 Å². The largest absolute Gasteiger partial charge is 0.344 e. The van der Waals surface area contributed by atoms with Crippen LogP contribution in [0.2, 0.25) is 0 Å². The Morgan fingerprint density at radius 1 is 1.25 bits per heavy atom. The van der Waals surface area contributed by atoms with Crippen molar-refractivity contribution < 1.29 is 9.59 Å². The number of nitrogens with one attached hydrogen (secondary N) is 1. The molecule has 1 N–H and O–H groups in total. The topological polar surface area (TPSA) is 84.3 Å². The van der Waals surface area contributed by atoms with Gasteiger partial charge in [-0.05, 0) is 26.3 Å². The second-order valence-electron chi connectivity index (χ2n) is 6.31. The van der Waals surface area contributed by atoms with Gasteiger partial charge in [0.05, 0.1) is 11.4 Å². The summed E-state index contributed by atoms with van der Waals surface area (Å²) in [6.07, 6.45) is 0.572. The Hall–Kier alpha value is -2.70. The smallest absolute Gasteiger partial charge is 0.274 e. The van der Waals surface area contributed by atoms with E-state index in [0.29, 0.717) is 23.7 Å². The monoisotopic (exact) mass is 328 g/mol. The van der Waals surface area contributed by atoms with Gasteiger partial charge in [-0.25, -0.2) is 4.68 Å². The SMILES string of the molecule is CC(C)n1nc(C(=O)NC2CCN(C)C2=O)c2ccccc2c1=O. The molecule has 126 valence electrons. The standard InChI is InChI=1S/C17H20N4O3/c1-10(2)21-16(23)12-7-5-4-6-11(12)14(19-21)15(22)18-13-8-9-20(3)17(13)24/h4-7,10,13H,8-9H2,1-3H3,(H,18,22). The molecule has 0 bridgehead atoms. The highest BCUT2D eigenvalue weighted by molar-refractivity contribution is 6.06. The number of likely N-dealkylation sites (N-methyl/N-ethyl adjacent to an activating group) is 1. The van der Waals surface area contributed by atoms with Gasteiger partial charge in [0, 0.05) is 19.0 Å². The molecule has 2 aromatic rings. The first-order chi connectivity index (χ1) is 11.4. The Morgan fingerprint density at radius 2 is 1.92 bits per heavy atom. The van der Waals surface area contributed by atoms with E-state index in [2.05, 4.69) is 10.4 Å². The lowest BCUT2D eigenvalue weighted by Crippen LogP contribution is -2.41. The van der Waals surface area contributed by atoms with E-state index in [4.69, 9.17) is 0 Å². The molecular formula is C17H20N4O3. The molecule has 1 fully saturated rings. The fourth-order valence-corrected chi connectivity index (χ4v) is 2.91. The summed E-state index contributed by atoms with van der Waals surface area (Å²) in [7, 11) is 1.71. The quantitative estimate of drug-likeness (QED) is 0.909. The Balaban J connectivity index is 2.05. The second kappa shape index (κ2) is 6.07. The number of amides is 2. The molecule has 1 aliphatic rings. The van der Waals surface area contributed by atoms with Crippen LogP contribution in [0.4, 0.5) is 0 Å². The van der Waals surface area contributed by atoms with Crippen LogP contribution in [0.25, 0.3) is 10.8 Å². The van der Waals surface area contributed by atoms with E-state index in [1.165, 1.54) is 4.68 Å². The van der Waals surface area contributed by atoms with Crippen molar-refractivity contribution in [1.82, 2.24) is 20.0 Å². The van der Waals surface area contributed by atoms with Gasteiger partial charge in [0.15, 0.2) is 5.69 Å². The third-order valence-electron chi connectivity index (χ3n) is 4.27. The zero-order valence-electron chi connectivity index (χ0n) is 13.9. The summed E-state index contributed by atoms with van der Waals surface area (Å²) in [6.45, 7) is 4.28. The van der Waals surface area contributed by atoms with Crippen LogP contribution in [0.15, 0.2) is 29.1 Å². The molecule has 2 heterocycles. The number of carbonyl (C=O) groups excluding carboxylic acids is 2. The first-order valence-electron chi connectivity index (χ1n) is 7.97. The van der Waals surface area contributed by atoms with Crippen LogP contribution in [-0.2, 0) is 4.79 Å². The average molecular weight is 328 g/mol. The maximum absolute atomic E-state index is 12.7. The van der Waals surface area contributed by atoms with Gasteiger partial charge in [0.2, 0.25) is 5.91 Å². The molecule has 7 nitrogen and oxygen atoms in total. The van der Waals surface area contributed by atoms with Crippen molar-refractivity contribution in [3.05, 3.63) is 40.3 Å². The molecule has 1 unspecified atom stereocenters. The number of carbonyl (C=O) groups is 2. The fraction of sp³-hybridized carbons (Fsp3) is 0.412. The minimum absolute atomic E-state index is 0.107. The van der Waals surface area contributed by atoms with E-state index in [1.807, 2.05) is 13.8 Å². The number of hydrogen-bond donors (Lipinski definition) is 1. The number of likely N-dealkylation sites (tertiary alicyclic amines) is 1. The molecule has 0 spiro atoms. The van der Waals surface area contributed by atoms with E-state index < -0.39 is 11.9 Å². The van der Waals surface area contributed by atoms with E-state index in [1.54, 1.807) is 36.2 Å². The Kier molecular flexibility index (Phi) is 4.09. The highest BCUT2D eigenvalue weighted by Crippen LogP contribution is 2.16. The van der Waals surface area contributed by atoms with Crippen molar-refractivity contribution in [2.45, 2.75) is 32.4 Å². The summed E-state index contributed by atoms with van der Waals surface area (Å²) in [4.78, 5) is 38.8. The molecule has 1 aromatic carbocycles. The zero-order valence-corrected chi connectivity index (χ0v) is 13.9. The summed E-state index contributed by atoms with van der Waals surface area (Å²) < 4.78 is 1.31. The molecule has 24 heavy (non-hydrogen) atoms. The van der Waals surface area contributed by atoms with Crippen LogP contribution in [0.5, 0.6) is 0 Å². The molecule has 3 rings (SSSR count). The maximum atomic E-state index is 12.7. The normalized spacial score (nSPS) is 17.8. The summed E-state index contributed by atoms with van der Waals surface area (Å²) in [6, 6.07) is 6.19. The van der Waals surface area contributed by atoms with Gasteiger partial charge >= 0.3 is 0 Å². The predicted octanol–water partition coefficient (Wildman–Crippen LogP) is 0.938. The predicted molar refractivity (Wildman–Crippen MR) is 89.9 cm³/mol. The minimum Gasteiger partial charge on any atom is -0.344 e. The number of benzene rings is 1. The highest BCUT2D eigenvalue weighted by atomic mass is 16.2. The highest BCUT2D eigenvalue weighted by Gasteiger charge is 2.31. The van der Waals surface area contributed by atoms with Gasteiger partial charge in [-0.15, -0.1) is 0 Å². The van der Waals surface area contributed by atoms with Crippen molar-refractivity contribution in [2.24, 2.45) is 0 Å². The van der Waals surface area contributed by atoms with Crippen molar-refractivity contribution in [3.63, 3.8) is 0 Å². The molecule has 1 atom stereocenters. The summed E-state index contributed by atoms with van der Waals surface area (Å²) in [5, 5.41) is 7.94. The van der Waals surface area contributed by atoms with Crippen molar-refractivity contribution in [2.75, 3.05) is 13.6 Å². The van der Waals surface area contributed by atoms with Gasteiger partial charge in [-0.3, -0.25) is 14.4 Å². The third kappa shape index (κ3) is 2.66. The van der Waals surface area contributed by atoms with E-state index in [9.17, 15) is 14.4 Å². The van der Waals surface area contributed by atoms with Crippen LogP contribution in [0.3, 0.4) is 0 Å². The molecule has 1 saturated heterocycles. The third-order valence-corrected chi connectivity index (χ3v) is 4.27. The Labute approximate surface area is 139 Å². The lowest BCUT2D eigenvalue weighted by Gasteiger charge is -2.15. The molecule has 0 radical (unpaired) electrons. The van der Waals surface area contributed by atoms with Gasteiger partial charge in [0.1, 0.15) is 6.04 Å². The number of rotatable bonds is 3. The summed E-state index contributed by atoms with van der Waals surface area (Å²) >= 11 is 0. The second-order valence-corrected chi connectivity index (χ2v) is 6.31. The number of hydrogen-bond acceptors (Lipinski definition) is 4. The van der Waals surface area contributed by atoms with Gasteiger partial charge in [-0.1, -0.05) is 18.2 Å². The molecule has 1 aromatic heterocycles. The Bertz CT molecular complexity index is 872. The average Bonchev–Trinajstić information content (AvgIpc) is 2.87. The Morgan fingerprint density at radius 3 is 2.50 bits per heavy atom. The number of fused-ring (bicyclic) bond motifs is 1. The molecule has 2 amide bonds. The van der Waals surface area contributed by atoms with E-state index in [-0.39, 0.29) is 23.2 Å². The van der Waals surface area contributed by atoms with Crippen LogP contribution in [0.1, 0.15) is 36.8 Å². The fourth-order valence-electron chi connectivity index (χ4n) is 2.91. The first kappa shape index (κ1) is 16.2. The van der Waals surface area contributed by atoms with Gasteiger partial charge < -0.3 is 10.2 Å². The summed E-state index contributed by atoms with van der Waals surface area (Å²) in [5.41, 5.74) is -0.0601. The molecule has 7 heteroatoms. The number of aromatic nitrogens is 2. The van der Waals surface area contributed by atoms with E-state index in [0.717, 1.165) is 0 Å². The van der Waals surface area contributed by atoms with E-state index >= 15 is 0 Å². The van der Waals surface area contributed by atoms with Crippen LogP contribution in [0, 0.1) is 0 Å². The van der Waals surface area contributed by atoms with Crippen molar-refractivity contribution in [3.8, 4) is 0 Å². The molecule has 0 aliphatic carbocycles. The first-order valence-corrected chi connectivity index (χ1v) is 7.97. The zero-order chi connectivity index (χ0) is 17.4. The maximum Gasteiger partial charge on any atom is 0.274 e. The van der Waals surface area contributed by atoms with Gasteiger partial charge in [0.25, 0.3) is 11.5 Å². The molecule has 0 saturated carbocycles. The molecule has 1 aliphatic heterocycles. The van der Waals surface area contributed by atoms with Crippen LogP contribution < -0.4 is 10.9 Å². The van der Waals surface area contributed by atoms with Crippen LogP contribution >= 0.6 is 0 Å². The lowest BCUT2D eigenvalue weighted by molar-refractivity contribution is -0.128. The van der Waals surface area contributed by atoms with Crippen molar-refractivity contribution >= 4 is 22.6 Å². The molecular weight excluding hydrogens is 308 g/mol. The van der Waals surface area contributed by atoms with Crippen LogP contribution in [-0.4, -0.2) is 46.1 Å². The lowest BCUT2D eigenvalue weighted by atomic mass is 10.1. The summed E-state index contributed by atoms with van der Waals surface area (Å²) in [5.74, 6) is -0.543. The van der Waals surface area contributed by atoms with Gasteiger partial charge in [-0.2, -0.15) is 5.10 Å². The number of nitrogens with zero attached hydrogens (tertiary/aromatic N) is 3.